The Morgan fingerprint density at radius 1 is 1.06 bits per heavy atom. The number of benzene rings is 2. The van der Waals surface area contributed by atoms with Gasteiger partial charge in [-0.05, 0) is 77.0 Å². The van der Waals surface area contributed by atoms with Gasteiger partial charge in [0.25, 0.3) is 0 Å². The van der Waals surface area contributed by atoms with Gasteiger partial charge in [0.2, 0.25) is 0 Å². The van der Waals surface area contributed by atoms with E-state index >= 15 is 0 Å². The number of hydrogen-bond donors (Lipinski definition) is 0. The van der Waals surface area contributed by atoms with Crippen molar-refractivity contribution >= 4 is 17.6 Å². The van der Waals surface area contributed by atoms with E-state index in [2.05, 4.69) is 50.0 Å². The molecule has 2 atom stereocenters. The normalized spacial score (nSPS) is 20.7. The van der Waals surface area contributed by atoms with Gasteiger partial charge in [0, 0.05) is 17.7 Å². The zero-order chi connectivity index (χ0) is 22.0. The van der Waals surface area contributed by atoms with E-state index in [9.17, 15) is 9.18 Å². The second kappa shape index (κ2) is 8.97. The Morgan fingerprint density at radius 3 is 2.55 bits per heavy atom. The van der Waals surface area contributed by atoms with E-state index in [-0.39, 0.29) is 23.6 Å². The average Bonchev–Trinajstić information content (AvgIpc) is 3.14. The summed E-state index contributed by atoms with van der Waals surface area (Å²) >= 11 is 0. The Bertz CT molecular complexity index is 1100. The van der Waals surface area contributed by atoms with Crippen LogP contribution in [0.15, 0.2) is 82.9 Å². The third-order valence-corrected chi connectivity index (χ3v) is 6.14. The molecule has 0 fully saturated rings. The van der Waals surface area contributed by atoms with Gasteiger partial charge in [-0.15, -0.1) is 0 Å². The van der Waals surface area contributed by atoms with Crippen molar-refractivity contribution in [1.82, 2.24) is 0 Å². The highest BCUT2D eigenvalue weighted by Gasteiger charge is 2.31. The molecule has 0 N–H and O–H groups in total. The minimum Gasteiger partial charge on any atom is -0.289 e. The molecule has 0 saturated carbocycles. The second-order valence-corrected chi connectivity index (χ2v) is 8.82. The van der Waals surface area contributed by atoms with E-state index in [1.54, 1.807) is 18.4 Å². The molecule has 0 saturated heterocycles. The third-order valence-electron chi connectivity index (χ3n) is 6.14. The van der Waals surface area contributed by atoms with E-state index in [4.69, 9.17) is 0 Å². The third kappa shape index (κ3) is 4.51. The van der Waals surface area contributed by atoms with Gasteiger partial charge in [-0.3, -0.25) is 9.79 Å². The molecular formula is C28H28FNO. The molecular weight excluding hydrogens is 385 g/mol. The summed E-state index contributed by atoms with van der Waals surface area (Å²) in [5.41, 5.74) is 5.82. The van der Waals surface area contributed by atoms with Crippen molar-refractivity contribution in [1.29, 1.82) is 0 Å². The first-order chi connectivity index (χ1) is 14.9. The Morgan fingerprint density at radius 2 is 1.84 bits per heavy atom. The van der Waals surface area contributed by atoms with E-state index in [0.717, 1.165) is 40.7 Å². The standard InChI is InChI=1S/C28H28FNO/c1-18(2)7-8-20-9-11-21(12-10-20)25-13-14-26(31)27(25)24-15-16-30-28(19(24)3)22-5-4-6-23(29)17-22/h4-6,9-19,28H,7-8H2,1-3H3. The Balaban J connectivity index is 1.65. The molecule has 0 radical (unpaired) electrons. The summed E-state index contributed by atoms with van der Waals surface area (Å²) in [5, 5.41) is 0. The molecule has 2 aliphatic rings. The first kappa shape index (κ1) is 21.2. The fourth-order valence-electron chi connectivity index (χ4n) is 4.35. The fourth-order valence-corrected chi connectivity index (χ4v) is 4.35. The van der Waals surface area contributed by atoms with Crippen LogP contribution in [0, 0.1) is 17.7 Å². The largest absolute Gasteiger partial charge is 0.289 e. The average molecular weight is 414 g/mol. The SMILES string of the molecule is CC(C)CCc1ccc(C2=C(C3=CC=NC(c4cccc(F)c4)C3C)C(=O)C=C2)cc1. The number of rotatable bonds is 6. The van der Waals surface area contributed by atoms with Crippen molar-refractivity contribution in [2.45, 2.75) is 39.7 Å². The predicted octanol–water partition coefficient (Wildman–Crippen LogP) is 6.70. The number of carbonyl (C=O) groups is 1. The molecule has 4 rings (SSSR count). The summed E-state index contributed by atoms with van der Waals surface area (Å²) in [4.78, 5) is 17.4. The van der Waals surface area contributed by atoms with Crippen LogP contribution in [-0.4, -0.2) is 12.0 Å². The van der Waals surface area contributed by atoms with Gasteiger partial charge in [0.05, 0.1) is 6.04 Å². The van der Waals surface area contributed by atoms with Gasteiger partial charge in [0.1, 0.15) is 5.82 Å². The zero-order valence-electron chi connectivity index (χ0n) is 18.3. The molecule has 2 aromatic carbocycles. The van der Waals surface area contributed by atoms with Crippen LogP contribution in [0.5, 0.6) is 0 Å². The van der Waals surface area contributed by atoms with Crippen LogP contribution in [0.1, 0.15) is 49.9 Å². The maximum absolute atomic E-state index is 13.8. The number of ketones is 1. The van der Waals surface area contributed by atoms with Crippen molar-refractivity contribution in [2.24, 2.45) is 16.8 Å². The lowest BCUT2D eigenvalue weighted by Gasteiger charge is -2.27. The van der Waals surface area contributed by atoms with Crippen LogP contribution in [0.25, 0.3) is 5.57 Å². The summed E-state index contributed by atoms with van der Waals surface area (Å²) in [6.45, 7) is 6.53. The summed E-state index contributed by atoms with van der Waals surface area (Å²) in [7, 11) is 0. The molecule has 31 heavy (non-hydrogen) atoms. The van der Waals surface area contributed by atoms with E-state index < -0.39 is 0 Å². The van der Waals surface area contributed by atoms with Crippen molar-refractivity contribution in [2.75, 3.05) is 0 Å². The lowest BCUT2D eigenvalue weighted by molar-refractivity contribution is -0.111. The first-order valence-corrected chi connectivity index (χ1v) is 11.0. The molecule has 1 aliphatic heterocycles. The smallest absolute Gasteiger partial charge is 0.186 e. The van der Waals surface area contributed by atoms with Crippen LogP contribution >= 0.6 is 0 Å². The topological polar surface area (TPSA) is 29.4 Å². The van der Waals surface area contributed by atoms with Crippen LogP contribution in [0.2, 0.25) is 0 Å². The maximum Gasteiger partial charge on any atom is 0.186 e. The zero-order valence-corrected chi connectivity index (χ0v) is 18.3. The lowest BCUT2D eigenvalue weighted by atomic mass is 9.81. The van der Waals surface area contributed by atoms with Gasteiger partial charge in [-0.1, -0.05) is 57.2 Å². The highest BCUT2D eigenvalue weighted by Crippen LogP contribution is 2.41. The molecule has 1 aliphatic carbocycles. The molecule has 2 aromatic rings. The monoisotopic (exact) mass is 413 g/mol. The molecule has 2 nitrogen and oxygen atoms in total. The van der Waals surface area contributed by atoms with Crippen LogP contribution in [-0.2, 0) is 11.2 Å². The molecule has 0 bridgehead atoms. The Kier molecular flexibility index (Phi) is 6.13. The van der Waals surface area contributed by atoms with Crippen LogP contribution < -0.4 is 0 Å². The molecule has 3 heteroatoms. The minimum absolute atomic E-state index is 0.0188. The van der Waals surface area contributed by atoms with E-state index in [1.807, 2.05) is 18.2 Å². The van der Waals surface area contributed by atoms with Gasteiger partial charge in [0.15, 0.2) is 5.78 Å². The fraction of sp³-hybridized carbons (Fsp3) is 0.286. The number of aliphatic imine (C=N–C) groups is 1. The second-order valence-electron chi connectivity index (χ2n) is 8.82. The number of dihydropyridines is 1. The maximum atomic E-state index is 13.8. The number of hydrogen-bond acceptors (Lipinski definition) is 2. The van der Waals surface area contributed by atoms with Gasteiger partial charge in [-0.25, -0.2) is 4.39 Å². The van der Waals surface area contributed by atoms with Crippen LogP contribution in [0.3, 0.4) is 0 Å². The molecule has 0 amide bonds. The van der Waals surface area contributed by atoms with Crippen LogP contribution in [0.4, 0.5) is 4.39 Å². The summed E-state index contributed by atoms with van der Waals surface area (Å²) in [6.07, 6.45) is 9.46. The highest BCUT2D eigenvalue weighted by atomic mass is 19.1. The number of halogens is 1. The van der Waals surface area contributed by atoms with E-state index in [1.165, 1.54) is 17.7 Å². The lowest BCUT2D eigenvalue weighted by Crippen LogP contribution is -2.18. The quantitative estimate of drug-likeness (QED) is 0.518. The number of carbonyl (C=O) groups excluding carboxylic acids is 1. The molecule has 0 aromatic heterocycles. The van der Waals surface area contributed by atoms with Crippen molar-refractivity contribution in [3.63, 3.8) is 0 Å². The van der Waals surface area contributed by atoms with Crippen molar-refractivity contribution < 1.29 is 9.18 Å². The Labute approximate surface area is 183 Å². The Hall–Kier alpha value is -3.07. The molecule has 0 spiro atoms. The van der Waals surface area contributed by atoms with Gasteiger partial charge in [-0.2, -0.15) is 0 Å². The summed E-state index contributed by atoms with van der Waals surface area (Å²) in [5.74, 6) is 0.389. The summed E-state index contributed by atoms with van der Waals surface area (Å²) in [6, 6.07) is 14.9. The minimum atomic E-state index is -0.271. The molecule has 158 valence electrons. The number of nitrogens with zero attached hydrogens (tertiary/aromatic N) is 1. The summed E-state index contributed by atoms with van der Waals surface area (Å²) < 4.78 is 13.8. The number of aryl methyl sites for hydroxylation is 1. The van der Waals surface area contributed by atoms with Gasteiger partial charge >= 0.3 is 0 Å². The van der Waals surface area contributed by atoms with Crippen molar-refractivity contribution in [3.8, 4) is 0 Å². The molecule has 2 unspecified atom stereocenters. The van der Waals surface area contributed by atoms with Gasteiger partial charge < -0.3 is 0 Å². The number of allylic oxidation sites excluding steroid dienone is 5. The highest BCUT2D eigenvalue weighted by molar-refractivity contribution is 6.19. The predicted molar refractivity (Wildman–Crippen MR) is 126 cm³/mol. The van der Waals surface area contributed by atoms with Crippen molar-refractivity contribution in [3.05, 3.63) is 100 Å². The van der Waals surface area contributed by atoms with E-state index in [0.29, 0.717) is 5.92 Å². The molecule has 1 heterocycles. The first-order valence-electron chi connectivity index (χ1n) is 11.0.